The van der Waals surface area contributed by atoms with Gasteiger partial charge in [-0.3, -0.25) is 4.99 Å². The largest absolute Gasteiger partial charge is 0.356 e. The fourth-order valence-electron chi connectivity index (χ4n) is 4.18. The third kappa shape index (κ3) is 4.16. The van der Waals surface area contributed by atoms with E-state index in [4.69, 9.17) is 0 Å². The summed E-state index contributed by atoms with van der Waals surface area (Å²) in [6.07, 6.45) is 2.74. The van der Waals surface area contributed by atoms with Crippen LogP contribution in [0.25, 0.3) is 0 Å². The number of hydrogen-bond donors (Lipinski definition) is 1. The van der Waals surface area contributed by atoms with Crippen molar-refractivity contribution in [2.45, 2.75) is 24.2 Å². The van der Waals surface area contributed by atoms with Crippen LogP contribution in [0.4, 0.5) is 5.69 Å². The number of piperidine rings is 1. The van der Waals surface area contributed by atoms with E-state index in [1.165, 1.54) is 11.3 Å². The molecule has 2 aromatic carbocycles. The Balaban J connectivity index is 1.32. The number of fused-ring (bicyclic) bond motifs is 1. The predicted octanol–water partition coefficient (Wildman–Crippen LogP) is 2.73. The van der Waals surface area contributed by atoms with Gasteiger partial charge in [0, 0.05) is 38.9 Å². The fraction of sp³-hybridized carbons (Fsp3) is 0.409. The van der Waals surface area contributed by atoms with Gasteiger partial charge in [-0.25, -0.2) is 8.42 Å². The molecule has 154 valence electrons. The molecular formula is C22H28N4O2S. The van der Waals surface area contributed by atoms with E-state index < -0.39 is 10.0 Å². The number of nitrogens with zero attached hydrogens (tertiary/aromatic N) is 3. The van der Waals surface area contributed by atoms with Gasteiger partial charge in [-0.2, -0.15) is 4.31 Å². The summed E-state index contributed by atoms with van der Waals surface area (Å²) < 4.78 is 27.2. The summed E-state index contributed by atoms with van der Waals surface area (Å²) in [4.78, 5) is 7.09. The number of benzene rings is 2. The lowest BCUT2D eigenvalue weighted by Crippen LogP contribution is -2.45. The average Bonchev–Trinajstić information content (AvgIpc) is 3.19. The minimum Gasteiger partial charge on any atom is -0.356 e. The third-order valence-corrected chi connectivity index (χ3v) is 7.77. The minimum absolute atomic E-state index is 0.379. The highest BCUT2D eigenvalue weighted by molar-refractivity contribution is 7.89. The first kappa shape index (κ1) is 19.9. The van der Waals surface area contributed by atoms with E-state index in [0.717, 1.165) is 38.3 Å². The van der Waals surface area contributed by atoms with Crippen LogP contribution >= 0.6 is 0 Å². The molecule has 0 amide bonds. The molecule has 0 saturated carbocycles. The molecule has 4 rings (SSSR count). The third-order valence-electron chi connectivity index (χ3n) is 5.86. The molecule has 0 spiro atoms. The van der Waals surface area contributed by atoms with Gasteiger partial charge in [0.25, 0.3) is 0 Å². The van der Waals surface area contributed by atoms with Gasteiger partial charge < -0.3 is 10.2 Å². The maximum atomic E-state index is 12.8. The highest BCUT2D eigenvalue weighted by Crippen LogP contribution is 2.28. The van der Waals surface area contributed by atoms with Crippen LogP contribution in [-0.2, 0) is 16.4 Å². The first-order valence-corrected chi connectivity index (χ1v) is 11.6. The summed E-state index contributed by atoms with van der Waals surface area (Å²) >= 11 is 0. The standard InChI is InChI=1S/C22H28N4O2S/c1-23-22(26-16-13-19-7-5-6-10-21(19)26)24-17-18-11-14-25(15-12-18)29(27,28)20-8-3-2-4-9-20/h2-10,18H,11-17H2,1H3,(H,23,24). The lowest BCUT2D eigenvalue weighted by molar-refractivity contribution is 0.273. The molecule has 1 N–H and O–H groups in total. The summed E-state index contributed by atoms with van der Waals surface area (Å²) in [7, 11) is -1.57. The SMILES string of the molecule is CN=C(NCC1CCN(S(=O)(=O)c2ccccc2)CC1)N1CCc2ccccc21. The van der Waals surface area contributed by atoms with Crippen LogP contribution in [0, 0.1) is 5.92 Å². The Kier molecular flexibility index (Phi) is 5.87. The van der Waals surface area contributed by atoms with Crippen LogP contribution in [0.15, 0.2) is 64.5 Å². The van der Waals surface area contributed by atoms with Gasteiger partial charge in [0.2, 0.25) is 10.0 Å². The Morgan fingerprint density at radius 1 is 1.03 bits per heavy atom. The Morgan fingerprint density at radius 3 is 2.45 bits per heavy atom. The van der Waals surface area contributed by atoms with Crippen LogP contribution in [-0.4, -0.2) is 51.9 Å². The van der Waals surface area contributed by atoms with Crippen LogP contribution < -0.4 is 10.2 Å². The first-order chi connectivity index (χ1) is 14.1. The molecule has 2 heterocycles. The Morgan fingerprint density at radius 2 is 1.72 bits per heavy atom. The molecule has 0 unspecified atom stereocenters. The van der Waals surface area contributed by atoms with E-state index in [-0.39, 0.29) is 0 Å². The molecule has 2 aromatic rings. The highest BCUT2D eigenvalue weighted by atomic mass is 32.2. The summed E-state index contributed by atoms with van der Waals surface area (Å²) in [5, 5.41) is 3.52. The van der Waals surface area contributed by atoms with Crippen molar-refractivity contribution in [1.82, 2.24) is 9.62 Å². The normalized spacial score (nSPS) is 18.7. The monoisotopic (exact) mass is 412 g/mol. The van der Waals surface area contributed by atoms with Gasteiger partial charge in [-0.15, -0.1) is 0 Å². The van der Waals surface area contributed by atoms with Crippen molar-refractivity contribution in [2.24, 2.45) is 10.9 Å². The number of para-hydroxylation sites is 1. The van der Waals surface area contributed by atoms with Crippen molar-refractivity contribution in [3.05, 3.63) is 60.2 Å². The van der Waals surface area contributed by atoms with E-state index in [1.54, 1.807) is 28.6 Å². The lowest BCUT2D eigenvalue weighted by Gasteiger charge is -2.32. The molecule has 2 aliphatic rings. The van der Waals surface area contributed by atoms with Gasteiger partial charge in [0.15, 0.2) is 5.96 Å². The lowest BCUT2D eigenvalue weighted by atomic mass is 9.98. The van der Waals surface area contributed by atoms with E-state index in [9.17, 15) is 8.42 Å². The molecular weight excluding hydrogens is 384 g/mol. The molecule has 0 atom stereocenters. The second-order valence-corrected chi connectivity index (χ2v) is 9.56. The number of guanidine groups is 1. The van der Waals surface area contributed by atoms with Crippen molar-refractivity contribution in [2.75, 3.05) is 38.1 Å². The van der Waals surface area contributed by atoms with Crippen LogP contribution in [0.3, 0.4) is 0 Å². The average molecular weight is 413 g/mol. The molecule has 29 heavy (non-hydrogen) atoms. The Labute approximate surface area is 173 Å². The van der Waals surface area contributed by atoms with Gasteiger partial charge in [-0.05, 0) is 48.9 Å². The van der Waals surface area contributed by atoms with Gasteiger partial charge in [0.1, 0.15) is 0 Å². The van der Waals surface area contributed by atoms with Crippen LogP contribution in [0.1, 0.15) is 18.4 Å². The first-order valence-electron chi connectivity index (χ1n) is 10.2. The smallest absolute Gasteiger partial charge is 0.243 e. The zero-order valence-corrected chi connectivity index (χ0v) is 17.6. The van der Waals surface area contributed by atoms with Gasteiger partial charge in [0.05, 0.1) is 4.90 Å². The summed E-state index contributed by atoms with van der Waals surface area (Å²) in [6.45, 7) is 2.88. The Hall–Kier alpha value is -2.38. The second-order valence-electron chi connectivity index (χ2n) is 7.62. The van der Waals surface area contributed by atoms with E-state index >= 15 is 0 Å². The summed E-state index contributed by atoms with van der Waals surface area (Å²) in [5.41, 5.74) is 2.58. The van der Waals surface area contributed by atoms with Gasteiger partial charge in [-0.1, -0.05) is 36.4 Å². The Bertz CT molecular complexity index is 967. The van der Waals surface area contributed by atoms with Crippen molar-refractivity contribution < 1.29 is 8.42 Å². The van der Waals surface area contributed by atoms with E-state index in [1.807, 2.05) is 13.1 Å². The molecule has 1 saturated heterocycles. The van der Waals surface area contributed by atoms with Crippen molar-refractivity contribution in [3.63, 3.8) is 0 Å². The van der Waals surface area contributed by atoms with Crippen LogP contribution in [0.5, 0.6) is 0 Å². The topological polar surface area (TPSA) is 65.0 Å². The summed E-state index contributed by atoms with van der Waals surface area (Å²) in [6, 6.07) is 17.2. The zero-order chi connectivity index (χ0) is 20.3. The molecule has 2 aliphatic heterocycles. The molecule has 7 heteroatoms. The van der Waals surface area contributed by atoms with Gasteiger partial charge >= 0.3 is 0 Å². The van der Waals surface area contributed by atoms with E-state index in [0.29, 0.717) is 23.9 Å². The van der Waals surface area contributed by atoms with Crippen LogP contribution in [0.2, 0.25) is 0 Å². The molecule has 0 aromatic heterocycles. The minimum atomic E-state index is -3.39. The fourth-order valence-corrected chi connectivity index (χ4v) is 5.68. The maximum absolute atomic E-state index is 12.8. The van der Waals surface area contributed by atoms with Crippen molar-refractivity contribution in [3.8, 4) is 0 Å². The zero-order valence-electron chi connectivity index (χ0n) is 16.8. The highest BCUT2D eigenvalue weighted by Gasteiger charge is 2.30. The number of rotatable bonds is 4. The van der Waals surface area contributed by atoms with Crippen molar-refractivity contribution in [1.29, 1.82) is 0 Å². The molecule has 0 radical (unpaired) electrons. The molecule has 0 bridgehead atoms. The number of aliphatic imine (C=N–C) groups is 1. The summed E-state index contributed by atoms with van der Waals surface area (Å²) in [5.74, 6) is 1.33. The number of hydrogen-bond acceptors (Lipinski definition) is 3. The second kappa shape index (κ2) is 8.55. The predicted molar refractivity (Wildman–Crippen MR) is 117 cm³/mol. The molecule has 6 nitrogen and oxygen atoms in total. The maximum Gasteiger partial charge on any atom is 0.243 e. The number of anilines is 1. The molecule has 1 fully saturated rings. The van der Waals surface area contributed by atoms with Crippen molar-refractivity contribution >= 4 is 21.7 Å². The quantitative estimate of drug-likeness (QED) is 0.620. The molecule has 0 aliphatic carbocycles. The van der Waals surface area contributed by atoms with E-state index in [2.05, 4.69) is 39.5 Å². The number of sulfonamides is 1. The number of nitrogens with one attached hydrogen (secondary N) is 1.